The lowest BCUT2D eigenvalue weighted by Gasteiger charge is -2.09. The molecule has 1 N–H and O–H groups in total. The van der Waals surface area contributed by atoms with Crippen molar-refractivity contribution in [3.63, 3.8) is 0 Å². The van der Waals surface area contributed by atoms with Crippen LogP contribution in [-0.2, 0) is 6.61 Å². The van der Waals surface area contributed by atoms with Gasteiger partial charge < -0.3 is 10.1 Å². The number of hydrogen-bond donors (Lipinski definition) is 1. The van der Waals surface area contributed by atoms with Crippen molar-refractivity contribution in [1.82, 2.24) is 5.32 Å². The predicted molar refractivity (Wildman–Crippen MR) is 85.6 cm³/mol. The molecule has 1 amide bonds. The third-order valence-electron chi connectivity index (χ3n) is 3.18. The van der Waals surface area contributed by atoms with Gasteiger partial charge in [0, 0.05) is 18.2 Å². The summed E-state index contributed by atoms with van der Waals surface area (Å²) in [5.74, 6) is 0.343. The number of halogens is 1. The second kappa shape index (κ2) is 7.09. The zero-order valence-electron chi connectivity index (χ0n) is 12.4. The van der Waals surface area contributed by atoms with Crippen LogP contribution in [0.5, 0.6) is 5.75 Å². The van der Waals surface area contributed by atoms with E-state index in [9.17, 15) is 9.59 Å². The van der Waals surface area contributed by atoms with Crippen molar-refractivity contribution >= 4 is 23.3 Å². The first-order valence-electron chi connectivity index (χ1n) is 6.75. The van der Waals surface area contributed by atoms with E-state index in [0.29, 0.717) is 28.5 Å². The van der Waals surface area contributed by atoms with Gasteiger partial charge in [0.05, 0.1) is 5.02 Å². The largest absolute Gasteiger partial charge is 0.487 e. The summed E-state index contributed by atoms with van der Waals surface area (Å²) >= 11 is 6.10. The molecule has 0 atom stereocenters. The summed E-state index contributed by atoms with van der Waals surface area (Å²) in [6.07, 6.45) is 0. The lowest BCUT2D eigenvalue weighted by molar-refractivity contribution is 0.0961. The van der Waals surface area contributed by atoms with E-state index in [-0.39, 0.29) is 11.7 Å². The monoisotopic (exact) mass is 317 g/mol. The zero-order chi connectivity index (χ0) is 16.1. The molecule has 0 aliphatic rings. The summed E-state index contributed by atoms with van der Waals surface area (Å²) in [5.41, 5.74) is 2.06. The molecule has 0 heterocycles. The number of ketones is 1. The van der Waals surface area contributed by atoms with Crippen LogP contribution < -0.4 is 10.1 Å². The fourth-order valence-corrected chi connectivity index (χ4v) is 2.13. The van der Waals surface area contributed by atoms with Gasteiger partial charge in [-0.25, -0.2) is 0 Å². The highest BCUT2D eigenvalue weighted by Crippen LogP contribution is 2.26. The Labute approximate surface area is 134 Å². The number of Topliss-reactive ketones (excluding diaryl/α,β-unsaturated/α-hetero) is 1. The summed E-state index contributed by atoms with van der Waals surface area (Å²) in [6, 6.07) is 12.1. The van der Waals surface area contributed by atoms with E-state index in [4.69, 9.17) is 16.3 Å². The molecule has 0 aliphatic carbocycles. The van der Waals surface area contributed by atoms with Gasteiger partial charge in [0.15, 0.2) is 5.78 Å². The molecular weight excluding hydrogens is 302 g/mol. The molecule has 0 radical (unpaired) electrons. The smallest absolute Gasteiger partial charge is 0.251 e. The van der Waals surface area contributed by atoms with Crippen LogP contribution in [0.1, 0.15) is 33.2 Å². The Morgan fingerprint density at radius 1 is 1.09 bits per heavy atom. The van der Waals surface area contributed by atoms with Gasteiger partial charge in [-0.2, -0.15) is 0 Å². The molecule has 5 heteroatoms. The topological polar surface area (TPSA) is 55.4 Å². The molecule has 2 aromatic carbocycles. The van der Waals surface area contributed by atoms with Crippen molar-refractivity contribution in [2.24, 2.45) is 0 Å². The van der Waals surface area contributed by atoms with E-state index in [2.05, 4.69) is 5.32 Å². The van der Waals surface area contributed by atoms with E-state index in [0.717, 1.165) is 5.56 Å². The number of carbonyl (C=O) groups excluding carboxylic acids is 2. The van der Waals surface area contributed by atoms with Crippen LogP contribution in [0.15, 0.2) is 42.5 Å². The molecule has 0 unspecified atom stereocenters. The number of rotatable bonds is 5. The van der Waals surface area contributed by atoms with Crippen molar-refractivity contribution in [3.8, 4) is 5.75 Å². The summed E-state index contributed by atoms with van der Waals surface area (Å²) in [5, 5.41) is 2.96. The summed E-state index contributed by atoms with van der Waals surface area (Å²) in [7, 11) is 1.59. The maximum atomic E-state index is 11.4. The lowest BCUT2D eigenvalue weighted by Crippen LogP contribution is -2.17. The van der Waals surface area contributed by atoms with E-state index >= 15 is 0 Å². The van der Waals surface area contributed by atoms with Crippen LogP contribution in [0.4, 0.5) is 0 Å². The summed E-state index contributed by atoms with van der Waals surface area (Å²) in [4.78, 5) is 22.7. The van der Waals surface area contributed by atoms with Crippen LogP contribution >= 0.6 is 11.6 Å². The Morgan fingerprint density at radius 3 is 2.27 bits per heavy atom. The zero-order valence-corrected chi connectivity index (χ0v) is 13.1. The molecule has 22 heavy (non-hydrogen) atoms. The van der Waals surface area contributed by atoms with Gasteiger partial charge in [0.2, 0.25) is 0 Å². The number of nitrogens with one attached hydrogen (secondary N) is 1. The van der Waals surface area contributed by atoms with Gasteiger partial charge in [-0.15, -0.1) is 0 Å². The number of benzene rings is 2. The van der Waals surface area contributed by atoms with Gasteiger partial charge in [-0.05, 0) is 42.8 Å². The van der Waals surface area contributed by atoms with Gasteiger partial charge in [0.1, 0.15) is 12.4 Å². The molecule has 2 aromatic rings. The van der Waals surface area contributed by atoms with Crippen molar-refractivity contribution in [1.29, 1.82) is 0 Å². The minimum atomic E-state index is -0.129. The van der Waals surface area contributed by atoms with E-state index in [1.807, 2.05) is 12.1 Å². The minimum Gasteiger partial charge on any atom is -0.487 e. The fourth-order valence-electron chi connectivity index (χ4n) is 1.89. The number of hydrogen-bond acceptors (Lipinski definition) is 3. The number of amides is 1. The molecule has 114 valence electrons. The van der Waals surface area contributed by atoms with Crippen molar-refractivity contribution in [2.45, 2.75) is 13.5 Å². The van der Waals surface area contributed by atoms with Gasteiger partial charge in [-0.1, -0.05) is 23.7 Å². The highest BCUT2D eigenvalue weighted by atomic mass is 35.5. The average molecular weight is 318 g/mol. The molecular formula is C17H16ClNO3. The quantitative estimate of drug-likeness (QED) is 0.859. The number of ether oxygens (including phenoxy) is 1. The third kappa shape index (κ3) is 3.86. The van der Waals surface area contributed by atoms with Gasteiger partial charge >= 0.3 is 0 Å². The van der Waals surface area contributed by atoms with Crippen molar-refractivity contribution < 1.29 is 14.3 Å². The Balaban J connectivity index is 2.04. The molecule has 0 spiro atoms. The second-order valence-electron chi connectivity index (χ2n) is 4.77. The van der Waals surface area contributed by atoms with E-state index in [1.54, 1.807) is 37.4 Å². The molecule has 0 saturated heterocycles. The van der Waals surface area contributed by atoms with Gasteiger partial charge in [0.25, 0.3) is 5.91 Å². The molecule has 0 fully saturated rings. The van der Waals surface area contributed by atoms with Gasteiger partial charge in [-0.3, -0.25) is 9.59 Å². The van der Waals surface area contributed by atoms with Crippen LogP contribution in [0.3, 0.4) is 0 Å². The second-order valence-corrected chi connectivity index (χ2v) is 5.17. The van der Waals surface area contributed by atoms with Crippen LogP contribution in [-0.4, -0.2) is 18.7 Å². The normalized spacial score (nSPS) is 10.1. The third-order valence-corrected chi connectivity index (χ3v) is 3.47. The standard InChI is InChI=1S/C17H16ClNO3/c1-11(20)14-7-8-16(15(18)9-14)22-10-12-3-5-13(6-4-12)17(21)19-2/h3-9H,10H2,1-2H3,(H,19,21). The van der Waals surface area contributed by atoms with Crippen LogP contribution in [0.25, 0.3) is 0 Å². The molecule has 0 aromatic heterocycles. The first kappa shape index (κ1) is 16.0. The molecule has 4 nitrogen and oxygen atoms in total. The minimum absolute atomic E-state index is 0.0433. The van der Waals surface area contributed by atoms with Crippen molar-refractivity contribution in [2.75, 3.05) is 7.05 Å². The lowest BCUT2D eigenvalue weighted by atomic mass is 10.1. The molecule has 0 saturated carbocycles. The van der Waals surface area contributed by atoms with E-state index in [1.165, 1.54) is 6.92 Å². The Morgan fingerprint density at radius 2 is 1.73 bits per heavy atom. The molecule has 0 aliphatic heterocycles. The Hall–Kier alpha value is -2.33. The maximum absolute atomic E-state index is 11.4. The van der Waals surface area contributed by atoms with E-state index < -0.39 is 0 Å². The Bertz CT molecular complexity index is 696. The highest BCUT2D eigenvalue weighted by Gasteiger charge is 2.07. The first-order chi connectivity index (χ1) is 10.5. The predicted octanol–water partition coefficient (Wildman–Crippen LogP) is 3.48. The summed E-state index contributed by atoms with van der Waals surface area (Å²) in [6.45, 7) is 1.81. The highest BCUT2D eigenvalue weighted by molar-refractivity contribution is 6.32. The summed E-state index contributed by atoms with van der Waals surface area (Å²) < 4.78 is 5.64. The average Bonchev–Trinajstić information content (AvgIpc) is 2.53. The molecule has 2 rings (SSSR count). The Kier molecular flexibility index (Phi) is 5.17. The SMILES string of the molecule is CNC(=O)c1ccc(COc2ccc(C(C)=O)cc2Cl)cc1. The van der Waals surface area contributed by atoms with Crippen LogP contribution in [0.2, 0.25) is 5.02 Å². The fraction of sp³-hybridized carbons (Fsp3) is 0.176. The number of carbonyl (C=O) groups is 2. The molecule has 0 bridgehead atoms. The maximum Gasteiger partial charge on any atom is 0.251 e. The van der Waals surface area contributed by atoms with Crippen molar-refractivity contribution in [3.05, 3.63) is 64.2 Å². The first-order valence-corrected chi connectivity index (χ1v) is 7.13. The van der Waals surface area contributed by atoms with Crippen LogP contribution in [0, 0.1) is 0 Å².